The SMILES string of the molecule is C=C[C@@H]1N(C(=O)C(=C)CCCC)C(=O)OC1(C)C. The summed E-state index contributed by atoms with van der Waals surface area (Å²) in [6.07, 6.45) is 3.41. The van der Waals surface area contributed by atoms with Gasteiger partial charge >= 0.3 is 6.09 Å². The van der Waals surface area contributed by atoms with Crippen molar-refractivity contribution in [1.82, 2.24) is 4.90 Å². The van der Waals surface area contributed by atoms with E-state index in [1.807, 2.05) is 6.92 Å². The Morgan fingerprint density at radius 1 is 1.56 bits per heavy atom. The maximum Gasteiger partial charge on any atom is 0.418 e. The van der Waals surface area contributed by atoms with Crippen molar-refractivity contribution in [3.8, 4) is 0 Å². The van der Waals surface area contributed by atoms with E-state index in [9.17, 15) is 9.59 Å². The summed E-state index contributed by atoms with van der Waals surface area (Å²) in [4.78, 5) is 25.1. The predicted molar refractivity (Wildman–Crippen MR) is 70.1 cm³/mol. The van der Waals surface area contributed by atoms with Crippen LogP contribution in [-0.4, -0.2) is 28.5 Å². The minimum absolute atomic E-state index is 0.357. The van der Waals surface area contributed by atoms with Crippen LogP contribution in [0.3, 0.4) is 0 Å². The molecule has 0 aromatic heterocycles. The number of ether oxygens (including phenoxy) is 1. The van der Waals surface area contributed by atoms with E-state index < -0.39 is 17.7 Å². The van der Waals surface area contributed by atoms with Crippen molar-refractivity contribution >= 4 is 12.0 Å². The molecule has 100 valence electrons. The van der Waals surface area contributed by atoms with E-state index >= 15 is 0 Å². The van der Waals surface area contributed by atoms with E-state index in [0.717, 1.165) is 17.7 Å². The van der Waals surface area contributed by atoms with Gasteiger partial charge in [-0.1, -0.05) is 26.0 Å². The first-order valence-corrected chi connectivity index (χ1v) is 6.22. The van der Waals surface area contributed by atoms with Gasteiger partial charge in [0.2, 0.25) is 0 Å². The molecule has 4 heteroatoms. The first-order valence-electron chi connectivity index (χ1n) is 6.22. The molecule has 0 aromatic rings. The van der Waals surface area contributed by atoms with Crippen molar-refractivity contribution in [2.24, 2.45) is 0 Å². The zero-order valence-electron chi connectivity index (χ0n) is 11.4. The summed E-state index contributed by atoms with van der Waals surface area (Å²) in [5, 5.41) is 0. The molecule has 0 spiro atoms. The van der Waals surface area contributed by atoms with Gasteiger partial charge < -0.3 is 4.74 Å². The number of imide groups is 1. The molecule has 0 N–H and O–H groups in total. The average Bonchev–Trinajstić information content (AvgIpc) is 2.53. The van der Waals surface area contributed by atoms with Gasteiger partial charge in [0.05, 0.1) is 0 Å². The normalized spacial score (nSPS) is 21.6. The molecule has 1 rings (SSSR count). The van der Waals surface area contributed by atoms with E-state index in [1.165, 1.54) is 0 Å². The van der Waals surface area contributed by atoms with Crippen molar-refractivity contribution < 1.29 is 14.3 Å². The third kappa shape index (κ3) is 2.63. The smallest absolute Gasteiger partial charge is 0.418 e. The monoisotopic (exact) mass is 251 g/mol. The largest absolute Gasteiger partial charge is 0.440 e. The molecular weight excluding hydrogens is 230 g/mol. The van der Waals surface area contributed by atoms with Crippen LogP contribution in [0, 0.1) is 0 Å². The number of carbonyl (C=O) groups excluding carboxylic acids is 2. The van der Waals surface area contributed by atoms with Crippen molar-refractivity contribution in [1.29, 1.82) is 0 Å². The highest BCUT2D eigenvalue weighted by atomic mass is 16.6. The van der Waals surface area contributed by atoms with E-state index in [1.54, 1.807) is 19.9 Å². The number of carbonyl (C=O) groups is 2. The Hall–Kier alpha value is -1.58. The summed E-state index contributed by atoms with van der Waals surface area (Å²) < 4.78 is 5.19. The van der Waals surface area contributed by atoms with Gasteiger partial charge in [0.1, 0.15) is 11.6 Å². The van der Waals surface area contributed by atoms with Gasteiger partial charge in [0.15, 0.2) is 0 Å². The molecule has 0 aromatic carbocycles. The first-order chi connectivity index (χ1) is 8.35. The van der Waals surface area contributed by atoms with Crippen molar-refractivity contribution in [2.45, 2.75) is 51.7 Å². The number of cyclic esters (lactones) is 1. The van der Waals surface area contributed by atoms with Crippen LogP contribution < -0.4 is 0 Å². The maximum absolute atomic E-state index is 12.2. The lowest BCUT2D eigenvalue weighted by Crippen LogP contribution is -2.43. The summed E-state index contributed by atoms with van der Waals surface area (Å²) in [6, 6.07) is -0.448. The molecule has 0 unspecified atom stereocenters. The van der Waals surface area contributed by atoms with Gasteiger partial charge in [0, 0.05) is 5.57 Å². The molecule has 1 atom stereocenters. The Balaban J connectivity index is 2.87. The van der Waals surface area contributed by atoms with Crippen LogP contribution in [0.5, 0.6) is 0 Å². The van der Waals surface area contributed by atoms with Crippen LogP contribution >= 0.6 is 0 Å². The van der Waals surface area contributed by atoms with Crippen LogP contribution in [0.25, 0.3) is 0 Å². The summed E-state index contributed by atoms with van der Waals surface area (Å²) >= 11 is 0. The molecule has 4 nitrogen and oxygen atoms in total. The van der Waals surface area contributed by atoms with Crippen LogP contribution in [0.15, 0.2) is 24.8 Å². The molecule has 2 amide bonds. The van der Waals surface area contributed by atoms with Crippen molar-refractivity contribution in [2.75, 3.05) is 0 Å². The molecule has 18 heavy (non-hydrogen) atoms. The zero-order valence-corrected chi connectivity index (χ0v) is 11.4. The van der Waals surface area contributed by atoms with E-state index in [4.69, 9.17) is 4.74 Å². The number of hydrogen-bond acceptors (Lipinski definition) is 3. The molecule has 0 aliphatic carbocycles. The lowest BCUT2D eigenvalue weighted by molar-refractivity contribution is -0.125. The zero-order chi connectivity index (χ0) is 13.9. The molecule has 1 saturated heterocycles. The molecule has 1 heterocycles. The average molecular weight is 251 g/mol. The standard InChI is InChI=1S/C14H21NO3/c1-6-8-9-10(3)12(16)15-11(7-2)14(4,5)18-13(15)17/h7,11H,2-3,6,8-9H2,1,4-5H3/t11-/m0/s1. The van der Waals surface area contributed by atoms with Gasteiger partial charge in [-0.25, -0.2) is 9.69 Å². The molecule has 0 bridgehead atoms. The molecule has 1 fully saturated rings. The third-order valence-electron chi connectivity index (χ3n) is 3.11. The van der Waals surface area contributed by atoms with Crippen molar-refractivity contribution in [3.05, 3.63) is 24.8 Å². The highest BCUT2D eigenvalue weighted by Gasteiger charge is 2.49. The van der Waals surface area contributed by atoms with E-state index in [2.05, 4.69) is 13.2 Å². The van der Waals surface area contributed by atoms with Crippen molar-refractivity contribution in [3.63, 3.8) is 0 Å². The molecular formula is C14H21NO3. The maximum atomic E-state index is 12.2. The highest BCUT2D eigenvalue weighted by Crippen LogP contribution is 2.31. The number of unbranched alkanes of at least 4 members (excludes halogenated alkanes) is 1. The Labute approximate surface area is 108 Å². The second kappa shape index (κ2) is 5.38. The number of rotatable bonds is 5. The van der Waals surface area contributed by atoms with E-state index in [0.29, 0.717) is 12.0 Å². The van der Waals surface area contributed by atoms with Crippen LogP contribution in [0.4, 0.5) is 4.79 Å². The Morgan fingerprint density at radius 3 is 2.67 bits per heavy atom. The molecule has 1 aliphatic rings. The molecule has 0 radical (unpaired) electrons. The topological polar surface area (TPSA) is 46.6 Å². The first kappa shape index (κ1) is 14.5. The number of hydrogen-bond donors (Lipinski definition) is 0. The fourth-order valence-corrected chi connectivity index (χ4v) is 2.02. The summed E-state index contributed by atoms with van der Waals surface area (Å²) in [7, 11) is 0. The van der Waals surface area contributed by atoms with Crippen LogP contribution in [-0.2, 0) is 9.53 Å². The van der Waals surface area contributed by atoms with E-state index in [-0.39, 0.29) is 5.91 Å². The van der Waals surface area contributed by atoms with Gasteiger partial charge in [-0.3, -0.25) is 4.79 Å². The fourth-order valence-electron chi connectivity index (χ4n) is 2.02. The second-order valence-corrected chi connectivity index (χ2v) is 5.03. The quantitative estimate of drug-likeness (QED) is 0.557. The van der Waals surface area contributed by atoms with Gasteiger partial charge in [-0.2, -0.15) is 0 Å². The Kier molecular flexibility index (Phi) is 4.33. The van der Waals surface area contributed by atoms with Crippen LogP contribution in [0.1, 0.15) is 40.0 Å². The Morgan fingerprint density at radius 2 is 2.17 bits per heavy atom. The predicted octanol–water partition coefficient (Wildman–Crippen LogP) is 3.04. The Bertz CT molecular complexity index is 385. The minimum Gasteiger partial charge on any atom is -0.440 e. The number of amides is 2. The van der Waals surface area contributed by atoms with Crippen LogP contribution in [0.2, 0.25) is 0 Å². The fraction of sp³-hybridized carbons (Fsp3) is 0.571. The lowest BCUT2D eigenvalue weighted by atomic mass is 9.98. The second-order valence-electron chi connectivity index (χ2n) is 5.03. The highest BCUT2D eigenvalue weighted by molar-refractivity contribution is 6.03. The van der Waals surface area contributed by atoms with Gasteiger partial charge in [0.25, 0.3) is 5.91 Å². The number of nitrogens with zero attached hydrogens (tertiary/aromatic N) is 1. The molecule has 1 aliphatic heterocycles. The summed E-state index contributed by atoms with van der Waals surface area (Å²) in [5.41, 5.74) is -0.294. The third-order valence-corrected chi connectivity index (χ3v) is 3.11. The summed E-state index contributed by atoms with van der Waals surface area (Å²) in [5.74, 6) is -0.357. The summed E-state index contributed by atoms with van der Waals surface area (Å²) in [6.45, 7) is 13.0. The minimum atomic E-state index is -0.737. The van der Waals surface area contributed by atoms with Gasteiger partial charge in [-0.05, 0) is 26.7 Å². The lowest BCUT2D eigenvalue weighted by Gasteiger charge is -2.25. The van der Waals surface area contributed by atoms with Gasteiger partial charge in [-0.15, -0.1) is 6.58 Å². The molecule has 0 saturated carbocycles.